The van der Waals surface area contributed by atoms with Gasteiger partial charge in [-0.25, -0.2) is 4.79 Å². The van der Waals surface area contributed by atoms with Crippen molar-refractivity contribution < 1.29 is 42.1 Å². The summed E-state index contributed by atoms with van der Waals surface area (Å²) in [4.78, 5) is 35.8. The number of alkyl halides is 3. The maximum Gasteiger partial charge on any atom is 0.490 e. The number of carbonyl (C=O) groups is 3. The molecule has 11 heteroatoms. The van der Waals surface area contributed by atoms with Gasteiger partial charge in [-0.1, -0.05) is 0 Å². The lowest BCUT2D eigenvalue weighted by atomic mass is 9.84. The Kier molecular flexibility index (Phi) is 8.48. The summed E-state index contributed by atoms with van der Waals surface area (Å²) in [5.41, 5.74) is 1.17. The molecule has 8 nitrogen and oxygen atoms in total. The number of nitrogens with one attached hydrogen (secondary N) is 1. The number of benzene rings is 1. The maximum absolute atomic E-state index is 12.6. The summed E-state index contributed by atoms with van der Waals surface area (Å²) in [5.74, 6) is -1.30. The zero-order chi connectivity index (χ0) is 24.1. The van der Waals surface area contributed by atoms with Crippen LogP contribution in [-0.4, -0.2) is 73.7 Å². The molecule has 178 valence electrons. The van der Waals surface area contributed by atoms with E-state index in [1.807, 2.05) is 0 Å². The number of aliphatic carboxylic acids is 1. The number of ketones is 1. The highest BCUT2D eigenvalue weighted by molar-refractivity contribution is 5.97. The molecule has 3 heterocycles. The van der Waals surface area contributed by atoms with Gasteiger partial charge in [0.2, 0.25) is 5.91 Å². The van der Waals surface area contributed by atoms with Crippen LogP contribution in [0.2, 0.25) is 0 Å². The average Bonchev–Trinajstić information content (AvgIpc) is 2.73. The van der Waals surface area contributed by atoms with E-state index in [2.05, 4.69) is 10.2 Å². The Morgan fingerprint density at radius 2 is 1.66 bits per heavy atom. The van der Waals surface area contributed by atoms with Crippen LogP contribution < -0.4 is 14.8 Å². The zero-order valence-corrected chi connectivity index (χ0v) is 18.1. The van der Waals surface area contributed by atoms with Crippen LogP contribution in [0.25, 0.3) is 0 Å². The van der Waals surface area contributed by atoms with Crippen molar-refractivity contribution in [3.63, 3.8) is 0 Å². The van der Waals surface area contributed by atoms with Gasteiger partial charge in [-0.2, -0.15) is 13.2 Å². The summed E-state index contributed by atoms with van der Waals surface area (Å²) in [6.07, 6.45) is -2.61. The summed E-state index contributed by atoms with van der Waals surface area (Å²) < 4.78 is 42.3. The third kappa shape index (κ3) is 6.59. The molecule has 3 fully saturated rings. The van der Waals surface area contributed by atoms with Gasteiger partial charge in [0.15, 0.2) is 17.3 Å². The number of fused-ring (bicyclic) bond motifs is 3. The van der Waals surface area contributed by atoms with Gasteiger partial charge in [-0.15, -0.1) is 0 Å². The van der Waals surface area contributed by atoms with Crippen LogP contribution in [0.1, 0.15) is 35.7 Å². The van der Waals surface area contributed by atoms with E-state index in [-0.39, 0.29) is 24.2 Å². The van der Waals surface area contributed by atoms with Crippen molar-refractivity contribution in [1.82, 2.24) is 10.2 Å². The van der Waals surface area contributed by atoms with Gasteiger partial charge in [0.1, 0.15) is 0 Å². The molecule has 0 saturated carbocycles. The van der Waals surface area contributed by atoms with Crippen molar-refractivity contribution in [3.05, 3.63) is 23.3 Å². The van der Waals surface area contributed by atoms with Crippen LogP contribution in [-0.2, 0) is 16.0 Å². The highest BCUT2D eigenvalue weighted by atomic mass is 19.4. The molecule has 3 saturated heterocycles. The number of hydrogen-bond acceptors (Lipinski definition) is 6. The van der Waals surface area contributed by atoms with Gasteiger partial charge in [0.25, 0.3) is 0 Å². The number of nitrogens with zero attached hydrogens (tertiary/aromatic N) is 1. The van der Waals surface area contributed by atoms with E-state index < -0.39 is 12.1 Å². The van der Waals surface area contributed by atoms with Gasteiger partial charge >= 0.3 is 12.1 Å². The number of carboxylic acids is 1. The highest BCUT2D eigenvalue weighted by Crippen LogP contribution is 2.31. The van der Waals surface area contributed by atoms with Crippen molar-refractivity contribution in [2.24, 2.45) is 5.92 Å². The number of halogens is 3. The molecule has 1 atom stereocenters. The minimum atomic E-state index is -5.08. The first-order valence-electron chi connectivity index (χ1n) is 10.0. The molecule has 32 heavy (non-hydrogen) atoms. The fraction of sp³-hybridized carbons (Fsp3) is 0.571. The summed E-state index contributed by atoms with van der Waals surface area (Å²) in [5, 5.41) is 10.3. The predicted octanol–water partition coefficient (Wildman–Crippen LogP) is 2.29. The molecule has 2 bridgehead atoms. The van der Waals surface area contributed by atoms with E-state index in [1.54, 1.807) is 19.2 Å². The van der Waals surface area contributed by atoms with Crippen LogP contribution >= 0.6 is 0 Å². The van der Waals surface area contributed by atoms with Crippen LogP contribution in [0.15, 0.2) is 12.1 Å². The second-order valence-corrected chi connectivity index (χ2v) is 7.71. The minimum Gasteiger partial charge on any atom is -0.493 e. The number of Topliss-reactive ketones (excluding diaryl/α,β-unsaturated/α-hetero) is 1. The van der Waals surface area contributed by atoms with Gasteiger partial charge in [0.05, 0.1) is 20.6 Å². The number of piperidine rings is 3. The summed E-state index contributed by atoms with van der Waals surface area (Å²) in [6.45, 7) is 4.71. The number of hydrogen-bond donors (Lipinski definition) is 2. The first kappa shape index (κ1) is 25.4. The molecule has 4 rings (SSSR count). The quantitative estimate of drug-likeness (QED) is 0.628. The van der Waals surface area contributed by atoms with Gasteiger partial charge in [-0.05, 0) is 56.5 Å². The number of carboxylic acid groups (broad SMARTS) is 1. The molecule has 1 unspecified atom stereocenters. The Morgan fingerprint density at radius 1 is 1.12 bits per heavy atom. The molecule has 3 aliphatic rings. The Morgan fingerprint density at radius 3 is 2.06 bits per heavy atom. The molecular formula is C21H27F3N2O6. The molecule has 2 N–H and O–H groups in total. The third-order valence-corrected chi connectivity index (χ3v) is 5.58. The molecule has 0 aromatic heterocycles. The van der Waals surface area contributed by atoms with E-state index >= 15 is 0 Å². The largest absolute Gasteiger partial charge is 0.493 e. The summed E-state index contributed by atoms with van der Waals surface area (Å²) in [7, 11) is 3.07. The van der Waals surface area contributed by atoms with E-state index in [1.165, 1.54) is 14.0 Å². The Balaban J connectivity index is 0.000000451. The molecular weight excluding hydrogens is 433 g/mol. The average molecular weight is 460 g/mol. The molecule has 1 aromatic rings. The summed E-state index contributed by atoms with van der Waals surface area (Å²) >= 11 is 0. The van der Waals surface area contributed by atoms with Crippen molar-refractivity contribution in [2.45, 2.75) is 38.4 Å². The Bertz CT molecular complexity index is 851. The predicted molar refractivity (Wildman–Crippen MR) is 108 cm³/mol. The van der Waals surface area contributed by atoms with E-state index in [0.29, 0.717) is 28.5 Å². The SMILES string of the molecule is COc1cc(CC(=O)NC2CN3CCC2CC3)c(C(C)=O)cc1OC.O=C(O)C(F)(F)F. The van der Waals surface area contributed by atoms with Crippen molar-refractivity contribution >= 4 is 17.7 Å². The van der Waals surface area contributed by atoms with Crippen LogP contribution in [0.3, 0.4) is 0 Å². The zero-order valence-electron chi connectivity index (χ0n) is 18.1. The number of methoxy groups -OCH3 is 2. The standard InChI is InChI=1S/C19H26N2O4.C2HF3O2/c1-12(22)15-10-18(25-3)17(24-2)8-14(15)9-19(23)20-16-11-21-6-4-13(16)5-7-21;3-2(4,5)1(6)7/h8,10,13,16H,4-7,9,11H2,1-3H3,(H,20,23);(H,6,7). The van der Waals surface area contributed by atoms with Crippen molar-refractivity contribution in [1.29, 1.82) is 0 Å². The molecule has 1 aromatic carbocycles. The van der Waals surface area contributed by atoms with Crippen molar-refractivity contribution in [2.75, 3.05) is 33.9 Å². The lowest BCUT2D eigenvalue weighted by Crippen LogP contribution is -2.57. The molecule has 0 aliphatic carbocycles. The number of ether oxygens (including phenoxy) is 2. The fourth-order valence-corrected chi connectivity index (χ4v) is 3.95. The van der Waals surface area contributed by atoms with E-state index in [4.69, 9.17) is 19.4 Å². The number of amides is 1. The van der Waals surface area contributed by atoms with Crippen LogP contribution in [0, 0.1) is 5.92 Å². The van der Waals surface area contributed by atoms with Gasteiger partial charge in [0, 0.05) is 18.2 Å². The van der Waals surface area contributed by atoms with E-state index in [9.17, 15) is 22.8 Å². The number of rotatable bonds is 6. The molecule has 1 amide bonds. The topological polar surface area (TPSA) is 105 Å². The Hall–Kier alpha value is -2.82. The lowest BCUT2D eigenvalue weighted by molar-refractivity contribution is -0.192. The first-order valence-corrected chi connectivity index (χ1v) is 10.0. The number of carbonyl (C=O) groups excluding carboxylic acids is 2. The highest BCUT2D eigenvalue weighted by Gasteiger charge is 2.38. The smallest absolute Gasteiger partial charge is 0.490 e. The van der Waals surface area contributed by atoms with Crippen molar-refractivity contribution in [3.8, 4) is 11.5 Å². The third-order valence-electron chi connectivity index (χ3n) is 5.58. The maximum atomic E-state index is 12.6. The normalized spacial score (nSPS) is 21.8. The van der Waals surface area contributed by atoms with Gasteiger partial charge in [-0.3, -0.25) is 9.59 Å². The monoisotopic (exact) mass is 460 g/mol. The first-order chi connectivity index (χ1) is 15.0. The van der Waals surface area contributed by atoms with Crippen LogP contribution in [0.4, 0.5) is 13.2 Å². The minimum absolute atomic E-state index is 0.0477. The van der Waals surface area contributed by atoms with E-state index in [0.717, 1.165) is 32.5 Å². The second kappa shape index (κ2) is 10.7. The fourth-order valence-electron chi connectivity index (χ4n) is 3.95. The Labute approximate surface area is 183 Å². The molecule has 3 aliphatic heterocycles. The molecule has 0 spiro atoms. The summed E-state index contributed by atoms with van der Waals surface area (Å²) in [6, 6.07) is 3.60. The second-order valence-electron chi connectivity index (χ2n) is 7.71. The molecule has 0 radical (unpaired) electrons. The lowest BCUT2D eigenvalue weighted by Gasteiger charge is -2.45. The van der Waals surface area contributed by atoms with Gasteiger partial charge < -0.3 is 24.8 Å². The van der Waals surface area contributed by atoms with Crippen LogP contribution in [0.5, 0.6) is 11.5 Å².